The summed E-state index contributed by atoms with van der Waals surface area (Å²) in [7, 11) is 1.78. The summed E-state index contributed by atoms with van der Waals surface area (Å²) in [4.78, 5) is 19.2. The minimum Gasteiger partial charge on any atom is -0.392 e. The average Bonchev–Trinajstić information content (AvgIpc) is 3.00. The van der Waals surface area contributed by atoms with Crippen molar-refractivity contribution in [3.05, 3.63) is 71.7 Å². The number of fused-ring (bicyclic) bond motifs is 1. The lowest BCUT2D eigenvalue weighted by molar-refractivity contribution is 0.0778. The first-order valence-corrected chi connectivity index (χ1v) is 8.70. The van der Waals surface area contributed by atoms with Crippen molar-refractivity contribution in [2.75, 3.05) is 13.6 Å². The van der Waals surface area contributed by atoms with Gasteiger partial charge in [-0.3, -0.25) is 4.79 Å². The van der Waals surface area contributed by atoms with Crippen LogP contribution >= 0.6 is 0 Å². The first-order valence-electron chi connectivity index (χ1n) is 8.70. The van der Waals surface area contributed by atoms with Crippen LogP contribution in [-0.2, 0) is 13.1 Å². The maximum atomic E-state index is 13.0. The Morgan fingerprint density at radius 2 is 1.96 bits per heavy atom. The number of benzene rings is 1. The van der Waals surface area contributed by atoms with Gasteiger partial charge in [-0.05, 0) is 24.6 Å². The second-order valence-electron chi connectivity index (χ2n) is 6.46. The number of nitrogens with zero attached hydrogens (tertiary/aromatic N) is 3. The number of aromatic nitrogens is 2. The van der Waals surface area contributed by atoms with E-state index in [0.717, 1.165) is 16.9 Å². The van der Waals surface area contributed by atoms with Gasteiger partial charge in [0, 0.05) is 32.9 Å². The van der Waals surface area contributed by atoms with Gasteiger partial charge < -0.3 is 19.7 Å². The van der Waals surface area contributed by atoms with E-state index < -0.39 is 6.10 Å². The van der Waals surface area contributed by atoms with Crippen LogP contribution in [0.2, 0.25) is 0 Å². The van der Waals surface area contributed by atoms with Crippen molar-refractivity contribution in [1.82, 2.24) is 19.6 Å². The maximum Gasteiger partial charge on any atom is 0.274 e. The number of carbonyl (C=O) groups is 1. The molecule has 0 spiro atoms. The molecule has 0 radical (unpaired) electrons. The van der Waals surface area contributed by atoms with E-state index in [1.807, 2.05) is 59.1 Å². The smallest absolute Gasteiger partial charge is 0.274 e. The Morgan fingerprint density at radius 3 is 2.69 bits per heavy atom. The van der Waals surface area contributed by atoms with E-state index in [1.54, 1.807) is 18.9 Å². The molecule has 0 saturated heterocycles. The van der Waals surface area contributed by atoms with Crippen molar-refractivity contribution in [3.63, 3.8) is 0 Å². The molecule has 0 bridgehead atoms. The standard InChI is InChI=1S/C20H24N4O2/c1-15(25)12-21-13-17-19(22-18-10-6-7-11-24(17)18)20(26)23(2)14-16-8-4-3-5-9-16/h3-11,15,21,25H,12-14H2,1-2H3/t15-/m1/s1. The zero-order valence-electron chi connectivity index (χ0n) is 15.1. The van der Waals surface area contributed by atoms with Crippen LogP contribution in [0.25, 0.3) is 5.65 Å². The zero-order valence-corrected chi connectivity index (χ0v) is 15.1. The van der Waals surface area contributed by atoms with Crippen molar-refractivity contribution in [1.29, 1.82) is 0 Å². The fraction of sp³-hybridized carbons (Fsp3) is 0.300. The van der Waals surface area contributed by atoms with Crippen LogP contribution < -0.4 is 5.32 Å². The predicted molar refractivity (Wildman–Crippen MR) is 101 cm³/mol. The fourth-order valence-electron chi connectivity index (χ4n) is 2.90. The summed E-state index contributed by atoms with van der Waals surface area (Å²) in [6, 6.07) is 15.6. The molecule has 0 unspecified atom stereocenters. The highest BCUT2D eigenvalue weighted by molar-refractivity contribution is 5.94. The third kappa shape index (κ3) is 4.09. The Bertz CT molecular complexity index is 874. The first kappa shape index (κ1) is 18.1. The molecule has 6 heteroatoms. The summed E-state index contributed by atoms with van der Waals surface area (Å²) in [6.45, 7) is 3.15. The lowest BCUT2D eigenvalue weighted by Crippen LogP contribution is -2.29. The van der Waals surface area contributed by atoms with E-state index in [9.17, 15) is 9.90 Å². The molecule has 1 atom stereocenters. The number of pyridine rings is 1. The van der Waals surface area contributed by atoms with Crippen LogP contribution in [0.15, 0.2) is 54.7 Å². The summed E-state index contributed by atoms with van der Waals surface area (Å²) >= 11 is 0. The molecule has 136 valence electrons. The molecule has 0 aliphatic carbocycles. The van der Waals surface area contributed by atoms with E-state index >= 15 is 0 Å². The van der Waals surface area contributed by atoms with Crippen LogP contribution in [0.4, 0.5) is 0 Å². The number of aliphatic hydroxyl groups excluding tert-OH is 1. The lowest BCUT2D eigenvalue weighted by atomic mass is 10.2. The summed E-state index contributed by atoms with van der Waals surface area (Å²) in [6.07, 6.45) is 1.45. The predicted octanol–water partition coefficient (Wildman–Crippen LogP) is 2.08. The summed E-state index contributed by atoms with van der Waals surface area (Å²) < 4.78 is 1.92. The van der Waals surface area contributed by atoms with E-state index in [-0.39, 0.29) is 5.91 Å². The lowest BCUT2D eigenvalue weighted by Gasteiger charge is -2.17. The van der Waals surface area contributed by atoms with Gasteiger partial charge in [-0.2, -0.15) is 0 Å². The Morgan fingerprint density at radius 1 is 1.23 bits per heavy atom. The molecule has 26 heavy (non-hydrogen) atoms. The Hall–Kier alpha value is -2.70. The van der Waals surface area contributed by atoms with Crippen LogP contribution in [-0.4, -0.2) is 45.0 Å². The highest BCUT2D eigenvalue weighted by Crippen LogP contribution is 2.16. The highest BCUT2D eigenvalue weighted by atomic mass is 16.3. The van der Waals surface area contributed by atoms with Crippen molar-refractivity contribution in [2.45, 2.75) is 26.1 Å². The number of nitrogens with one attached hydrogen (secondary N) is 1. The Labute approximate surface area is 153 Å². The van der Waals surface area contributed by atoms with Crippen LogP contribution in [0.5, 0.6) is 0 Å². The largest absolute Gasteiger partial charge is 0.392 e. The second-order valence-corrected chi connectivity index (χ2v) is 6.46. The molecule has 2 aromatic heterocycles. The Kier molecular flexibility index (Phi) is 5.65. The van der Waals surface area contributed by atoms with E-state index in [4.69, 9.17) is 0 Å². The van der Waals surface area contributed by atoms with Crippen LogP contribution in [0.1, 0.15) is 28.7 Å². The molecule has 0 aliphatic rings. The minimum absolute atomic E-state index is 0.119. The number of hydrogen-bond donors (Lipinski definition) is 2. The van der Waals surface area contributed by atoms with Crippen molar-refractivity contribution >= 4 is 11.6 Å². The van der Waals surface area contributed by atoms with Gasteiger partial charge in [-0.1, -0.05) is 36.4 Å². The van der Waals surface area contributed by atoms with Crippen molar-refractivity contribution < 1.29 is 9.90 Å². The first-order chi connectivity index (χ1) is 12.6. The highest BCUT2D eigenvalue weighted by Gasteiger charge is 2.21. The molecule has 1 aromatic carbocycles. The van der Waals surface area contributed by atoms with Gasteiger partial charge in [-0.15, -0.1) is 0 Å². The molecule has 0 fully saturated rings. The van der Waals surface area contributed by atoms with Gasteiger partial charge in [-0.25, -0.2) is 4.98 Å². The Balaban J connectivity index is 1.86. The van der Waals surface area contributed by atoms with Gasteiger partial charge in [0.25, 0.3) is 5.91 Å². The molecule has 0 saturated carbocycles. The zero-order chi connectivity index (χ0) is 18.5. The normalized spacial score (nSPS) is 12.3. The monoisotopic (exact) mass is 352 g/mol. The van der Waals surface area contributed by atoms with Gasteiger partial charge in [0.2, 0.25) is 0 Å². The van der Waals surface area contributed by atoms with Gasteiger partial charge in [0.1, 0.15) is 5.65 Å². The van der Waals surface area contributed by atoms with Crippen LogP contribution in [0, 0.1) is 0 Å². The molecular formula is C20H24N4O2. The van der Waals surface area contributed by atoms with Gasteiger partial charge in [0.05, 0.1) is 11.8 Å². The average molecular weight is 352 g/mol. The number of amides is 1. The summed E-state index contributed by atoms with van der Waals surface area (Å²) in [5, 5.41) is 12.6. The number of imidazole rings is 1. The molecule has 6 nitrogen and oxygen atoms in total. The van der Waals surface area contributed by atoms with Crippen molar-refractivity contribution in [2.24, 2.45) is 0 Å². The van der Waals surface area contributed by atoms with Gasteiger partial charge >= 0.3 is 0 Å². The molecule has 0 aliphatic heterocycles. The fourth-order valence-corrected chi connectivity index (χ4v) is 2.90. The third-order valence-electron chi connectivity index (χ3n) is 4.17. The number of hydrogen-bond acceptors (Lipinski definition) is 4. The molecule has 3 aromatic rings. The quantitative estimate of drug-likeness (QED) is 0.683. The van der Waals surface area contributed by atoms with E-state index in [0.29, 0.717) is 25.3 Å². The third-order valence-corrected chi connectivity index (χ3v) is 4.17. The van der Waals surface area contributed by atoms with Crippen molar-refractivity contribution in [3.8, 4) is 0 Å². The number of carbonyl (C=O) groups excluding carboxylic acids is 1. The summed E-state index contributed by atoms with van der Waals surface area (Å²) in [5.74, 6) is -0.119. The maximum absolute atomic E-state index is 13.0. The number of aliphatic hydroxyl groups is 1. The summed E-state index contributed by atoms with van der Waals surface area (Å²) in [5.41, 5.74) is 3.04. The van der Waals surface area contributed by atoms with Crippen LogP contribution in [0.3, 0.4) is 0 Å². The second kappa shape index (κ2) is 8.12. The van der Waals surface area contributed by atoms with Gasteiger partial charge in [0.15, 0.2) is 5.69 Å². The van der Waals surface area contributed by atoms with E-state index in [1.165, 1.54) is 0 Å². The molecule has 1 amide bonds. The molecule has 3 rings (SSSR count). The molecule has 2 N–H and O–H groups in total. The molecular weight excluding hydrogens is 328 g/mol. The SMILES string of the molecule is C[C@@H](O)CNCc1c(C(=O)N(C)Cc2ccccc2)nc2ccccn12. The number of rotatable bonds is 7. The topological polar surface area (TPSA) is 69.9 Å². The molecule has 2 heterocycles. The minimum atomic E-state index is -0.450. The van der Waals surface area contributed by atoms with E-state index in [2.05, 4.69) is 10.3 Å².